The normalized spacial score (nSPS) is 9.82. The van der Waals surface area contributed by atoms with Gasteiger partial charge >= 0.3 is 0 Å². The average molecular weight is 235 g/mol. The maximum atomic E-state index is 11.8. The van der Waals surface area contributed by atoms with E-state index in [-0.39, 0.29) is 24.5 Å². The van der Waals surface area contributed by atoms with Crippen LogP contribution >= 0.6 is 0 Å². The van der Waals surface area contributed by atoms with Gasteiger partial charge in [-0.15, -0.1) is 0 Å². The molecule has 0 aliphatic rings. The molecule has 0 aliphatic heterocycles. The van der Waals surface area contributed by atoms with Gasteiger partial charge in [-0.05, 0) is 19.1 Å². The summed E-state index contributed by atoms with van der Waals surface area (Å²) in [6.45, 7) is 1.48. The first-order chi connectivity index (χ1) is 8.04. The topological polar surface area (TPSA) is 46.6 Å². The van der Waals surface area contributed by atoms with Gasteiger partial charge in [0.2, 0.25) is 5.91 Å². The number of carbonyl (C=O) groups excluding carboxylic acids is 2. The molecule has 0 fully saturated rings. The zero-order valence-electron chi connectivity index (χ0n) is 10.4. The fourth-order valence-corrected chi connectivity index (χ4v) is 1.41. The van der Waals surface area contributed by atoms with E-state index < -0.39 is 0 Å². The minimum Gasteiger partial charge on any atom is -0.497 e. The van der Waals surface area contributed by atoms with Crippen LogP contribution in [0.2, 0.25) is 0 Å². The molecular weight excluding hydrogens is 218 g/mol. The SMILES string of the molecule is COc1cccc(N(C)C(=O)CCC(C)=O)c1. The molecule has 0 saturated carbocycles. The summed E-state index contributed by atoms with van der Waals surface area (Å²) in [5, 5.41) is 0. The van der Waals surface area contributed by atoms with Crippen molar-refractivity contribution in [1.82, 2.24) is 0 Å². The Morgan fingerprint density at radius 1 is 1.29 bits per heavy atom. The third-order valence-corrected chi connectivity index (χ3v) is 2.51. The second kappa shape index (κ2) is 6.03. The summed E-state index contributed by atoms with van der Waals surface area (Å²) in [5.41, 5.74) is 0.762. The summed E-state index contributed by atoms with van der Waals surface area (Å²) in [6.07, 6.45) is 0.524. The van der Waals surface area contributed by atoms with E-state index in [0.717, 1.165) is 5.69 Å². The van der Waals surface area contributed by atoms with E-state index in [9.17, 15) is 9.59 Å². The molecule has 0 N–H and O–H groups in total. The predicted octanol–water partition coefficient (Wildman–Crippen LogP) is 2.03. The van der Waals surface area contributed by atoms with Gasteiger partial charge in [-0.25, -0.2) is 0 Å². The van der Waals surface area contributed by atoms with Crippen LogP contribution in [0.1, 0.15) is 19.8 Å². The van der Waals surface area contributed by atoms with Crippen molar-refractivity contribution in [1.29, 1.82) is 0 Å². The van der Waals surface area contributed by atoms with Crippen molar-refractivity contribution in [2.45, 2.75) is 19.8 Å². The Kier molecular flexibility index (Phi) is 4.69. The van der Waals surface area contributed by atoms with Crippen LogP contribution in [0.15, 0.2) is 24.3 Å². The molecular formula is C13H17NO3. The summed E-state index contributed by atoms with van der Waals surface area (Å²) in [5.74, 6) is 0.652. The number of benzene rings is 1. The summed E-state index contributed by atoms with van der Waals surface area (Å²) in [4.78, 5) is 24.1. The van der Waals surface area contributed by atoms with Crippen LogP contribution in [-0.2, 0) is 9.59 Å². The van der Waals surface area contributed by atoms with E-state index in [0.29, 0.717) is 5.75 Å². The standard InChI is InChI=1S/C13H17NO3/c1-10(15)7-8-13(16)14(2)11-5-4-6-12(9-11)17-3/h4-6,9H,7-8H2,1-3H3. The Bertz CT molecular complexity index is 415. The molecule has 0 radical (unpaired) electrons. The van der Waals surface area contributed by atoms with Crippen LogP contribution in [0, 0.1) is 0 Å². The summed E-state index contributed by atoms with van der Waals surface area (Å²) in [7, 11) is 3.27. The molecule has 0 bridgehead atoms. The molecule has 0 aromatic heterocycles. The van der Waals surface area contributed by atoms with Crippen LogP contribution in [0.4, 0.5) is 5.69 Å². The van der Waals surface area contributed by atoms with Crippen molar-refractivity contribution in [3.05, 3.63) is 24.3 Å². The van der Waals surface area contributed by atoms with E-state index in [2.05, 4.69) is 0 Å². The molecule has 1 rings (SSSR count). The van der Waals surface area contributed by atoms with Gasteiger partial charge in [0.05, 0.1) is 7.11 Å². The van der Waals surface area contributed by atoms with Crippen molar-refractivity contribution in [3.63, 3.8) is 0 Å². The Morgan fingerprint density at radius 3 is 2.59 bits per heavy atom. The zero-order valence-corrected chi connectivity index (χ0v) is 10.4. The predicted molar refractivity (Wildman–Crippen MR) is 66.3 cm³/mol. The first-order valence-electron chi connectivity index (χ1n) is 5.44. The molecule has 0 unspecified atom stereocenters. The lowest BCUT2D eigenvalue weighted by Gasteiger charge is -2.17. The molecule has 0 saturated heterocycles. The van der Waals surface area contributed by atoms with Gasteiger partial charge in [0.25, 0.3) is 0 Å². The summed E-state index contributed by atoms with van der Waals surface area (Å²) < 4.78 is 5.09. The molecule has 0 heterocycles. The fraction of sp³-hybridized carbons (Fsp3) is 0.385. The van der Waals surface area contributed by atoms with E-state index in [1.54, 1.807) is 20.2 Å². The maximum Gasteiger partial charge on any atom is 0.227 e. The lowest BCUT2D eigenvalue weighted by atomic mass is 10.2. The summed E-state index contributed by atoms with van der Waals surface area (Å²) >= 11 is 0. The van der Waals surface area contributed by atoms with E-state index in [4.69, 9.17) is 4.74 Å². The number of amides is 1. The molecule has 1 aromatic carbocycles. The van der Waals surface area contributed by atoms with Crippen molar-refractivity contribution in [2.75, 3.05) is 19.1 Å². The molecule has 1 aromatic rings. The van der Waals surface area contributed by atoms with Gasteiger partial charge in [0.15, 0.2) is 0 Å². The Balaban J connectivity index is 2.70. The quantitative estimate of drug-likeness (QED) is 0.784. The van der Waals surface area contributed by atoms with Crippen LogP contribution < -0.4 is 9.64 Å². The minimum absolute atomic E-state index is 0.0254. The van der Waals surface area contributed by atoms with Crippen molar-refractivity contribution >= 4 is 17.4 Å². The molecule has 1 amide bonds. The summed E-state index contributed by atoms with van der Waals surface area (Å²) in [6, 6.07) is 7.25. The van der Waals surface area contributed by atoms with E-state index in [1.165, 1.54) is 11.8 Å². The number of Topliss-reactive ketones (excluding diaryl/α,β-unsaturated/α-hetero) is 1. The number of ether oxygens (including phenoxy) is 1. The van der Waals surface area contributed by atoms with Gasteiger partial charge in [-0.1, -0.05) is 6.07 Å². The maximum absolute atomic E-state index is 11.8. The first kappa shape index (κ1) is 13.2. The largest absolute Gasteiger partial charge is 0.497 e. The Labute approximate surface area is 101 Å². The van der Waals surface area contributed by atoms with Gasteiger partial charge in [-0.2, -0.15) is 0 Å². The first-order valence-corrected chi connectivity index (χ1v) is 5.44. The van der Waals surface area contributed by atoms with Crippen molar-refractivity contribution in [3.8, 4) is 5.75 Å². The highest BCUT2D eigenvalue weighted by atomic mass is 16.5. The number of hydrogen-bond acceptors (Lipinski definition) is 3. The third-order valence-electron chi connectivity index (χ3n) is 2.51. The average Bonchev–Trinajstić information content (AvgIpc) is 2.35. The molecule has 4 nitrogen and oxygen atoms in total. The lowest BCUT2D eigenvalue weighted by molar-refractivity contribution is -0.122. The van der Waals surface area contributed by atoms with Gasteiger partial charge < -0.3 is 14.4 Å². The molecule has 0 spiro atoms. The number of rotatable bonds is 5. The lowest BCUT2D eigenvalue weighted by Crippen LogP contribution is -2.26. The van der Waals surface area contributed by atoms with Gasteiger partial charge in [-0.3, -0.25) is 4.79 Å². The Morgan fingerprint density at radius 2 is 2.00 bits per heavy atom. The highest BCUT2D eigenvalue weighted by Gasteiger charge is 2.11. The monoisotopic (exact) mass is 235 g/mol. The zero-order chi connectivity index (χ0) is 12.8. The van der Waals surface area contributed by atoms with Gasteiger partial charge in [0.1, 0.15) is 11.5 Å². The number of hydrogen-bond donors (Lipinski definition) is 0. The minimum atomic E-state index is -0.0755. The molecule has 0 aliphatic carbocycles. The number of carbonyl (C=O) groups is 2. The number of nitrogens with zero attached hydrogens (tertiary/aromatic N) is 1. The van der Waals surface area contributed by atoms with Crippen molar-refractivity contribution < 1.29 is 14.3 Å². The van der Waals surface area contributed by atoms with Crippen molar-refractivity contribution in [2.24, 2.45) is 0 Å². The molecule has 0 atom stereocenters. The van der Waals surface area contributed by atoms with Gasteiger partial charge in [0, 0.05) is 31.6 Å². The van der Waals surface area contributed by atoms with Crippen LogP contribution in [0.25, 0.3) is 0 Å². The Hall–Kier alpha value is -1.84. The van der Waals surface area contributed by atoms with E-state index >= 15 is 0 Å². The van der Waals surface area contributed by atoms with Crippen LogP contribution in [0.3, 0.4) is 0 Å². The second-order valence-corrected chi connectivity index (χ2v) is 3.86. The van der Waals surface area contributed by atoms with Crippen LogP contribution in [-0.4, -0.2) is 25.8 Å². The molecule has 4 heteroatoms. The van der Waals surface area contributed by atoms with Crippen LogP contribution in [0.5, 0.6) is 5.75 Å². The number of methoxy groups -OCH3 is 1. The third kappa shape index (κ3) is 3.90. The smallest absolute Gasteiger partial charge is 0.227 e. The highest BCUT2D eigenvalue weighted by molar-refractivity contribution is 5.95. The highest BCUT2D eigenvalue weighted by Crippen LogP contribution is 2.20. The number of anilines is 1. The number of ketones is 1. The fourth-order valence-electron chi connectivity index (χ4n) is 1.41. The molecule has 17 heavy (non-hydrogen) atoms. The molecule has 92 valence electrons. The van der Waals surface area contributed by atoms with E-state index in [1.807, 2.05) is 18.2 Å². The second-order valence-electron chi connectivity index (χ2n) is 3.86.